The van der Waals surface area contributed by atoms with Gasteiger partial charge in [-0.1, -0.05) is 55.4 Å². The molecule has 0 aromatic rings. The summed E-state index contributed by atoms with van der Waals surface area (Å²) in [6, 6.07) is 0. The van der Waals surface area contributed by atoms with E-state index in [-0.39, 0.29) is 6.10 Å². The molecule has 0 spiro atoms. The minimum Gasteiger partial charge on any atom is -0.479 e. The molecule has 0 aliphatic carbocycles. The van der Waals surface area contributed by atoms with Crippen LogP contribution in [0.1, 0.15) is 88.5 Å². The molecule has 1 atom stereocenters. The summed E-state index contributed by atoms with van der Waals surface area (Å²) >= 11 is 0. The molecule has 0 aromatic heterocycles. The Hall–Kier alpha value is -1.30. The van der Waals surface area contributed by atoms with E-state index in [2.05, 4.69) is 10.5 Å². The molecule has 1 rings (SSSR count). The highest BCUT2D eigenvalue weighted by molar-refractivity contribution is 5.72. The van der Waals surface area contributed by atoms with E-state index in [0.717, 1.165) is 12.8 Å². The first kappa shape index (κ1) is 34.1. The molecular formula is C18H43NO5. The molecule has 24 heavy (non-hydrogen) atoms. The van der Waals surface area contributed by atoms with E-state index in [4.69, 9.17) is 9.84 Å². The molecule has 1 heterocycles. The topological polar surface area (TPSA) is 98.9 Å². The van der Waals surface area contributed by atoms with E-state index in [0.29, 0.717) is 13.0 Å². The third-order valence-corrected chi connectivity index (χ3v) is 1.81. The Bertz CT molecular complexity index is 227. The van der Waals surface area contributed by atoms with E-state index in [9.17, 15) is 9.59 Å². The number of carbonyl (C=O) groups excluding carboxylic acids is 1. The van der Waals surface area contributed by atoms with Gasteiger partial charge in [-0.15, -0.1) is 0 Å². The highest BCUT2D eigenvalue weighted by atomic mass is 16.6. The van der Waals surface area contributed by atoms with Gasteiger partial charge in [0.15, 0.2) is 6.10 Å². The number of hydrogen-bond donors (Lipinski definition) is 2. The largest absolute Gasteiger partial charge is 0.479 e. The molecule has 1 amide bonds. The lowest BCUT2D eigenvalue weighted by Crippen LogP contribution is -2.27. The number of carboxylic acid groups (broad SMARTS) is 1. The van der Waals surface area contributed by atoms with Gasteiger partial charge in [0.25, 0.3) is 0 Å². The average molecular weight is 354 g/mol. The van der Waals surface area contributed by atoms with Crippen LogP contribution in [0.2, 0.25) is 0 Å². The van der Waals surface area contributed by atoms with Gasteiger partial charge in [0.1, 0.15) is 0 Å². The SMILES string of the molecule is CC.CC.CC.CC.CC(C)OC(N)=O.O=C(O)C1CCCCO1. The van der Waals surface area contributed by atoms with Gasteiger partial charge >= 0.3 is 12.1 Å². The Kier molecular flexibility index (Phi) is 47.4. The third-order valence-electron chi connectivity index (χ3n) is 1.81. The van der Waals surface area contributed by atoms with Crippen molar-refractivity contribution >= 4 is 12.1 Å². The standard InChI is InChI=1S/C6H10O3.C4H9NO2.4C2H6/c7-6(8)5-3-1-2-4-9-5;1-3(2)7-4(5)6;4*1-2/h5H,1-4H2,(H,7,8);3H,1-2H3,(H2,5,6);4*1-2H3. The van der Waals surface area contributed by atoms with E-state index in [1.807, 2.05) is 55.4 Å². The predicted molar refractivity (Wildman–Crippen MR) is 102 cm³/mol. The summed E-state index contributed by atoms with van der Waals surface area (Å²) in [5.74, 6) is -0.824. The van der Waals surface area contributed by atoms with Gasteiger partial charge in [0.05, 0.1) is 6.10 Å². The van der Waals surface area contributed by atoms with Crippen LogP contribution in [-0.2, 0) is 14.3 Å². The molecule has 0 saturated carbocycles. The van der Waals surface area contributed by atoms with Crippen LogP contribution in [0.25, 0.3) is 0 Å². The van der Waals surface area contributed by atoms with Crippen LogP contribution in [0.5, 0.6) is 0 Å². The number of carboxylic acids is 1. The van der Waals surface area contributed by atoms with Crippen LogP contribution in [0, 0.1) is 0 Å². The lowest BCUT2D eigenvalue weighted by Gasteiger charge is -2.17. The number of nitrogens with two attached hydrogens (primary N) is 1. The lowest BCUT2D eigenvalue weighted by atomic mass is 10.1. The molecule has 1 unspecified atom stereocenters. The van der Waals surface area contributed by atoms with E-state index >= 15 is 0 Å². The monoisotopic (exact) mass is 353 g/mol. The maximum Gasteiger partial charge on any atom is 0.404 e. The maximum absolute atomic E-state index is 10.2. The van der Waals surface area contributed by atoms with Crippen LogP contribution in [0.15, 0.2) is 0 Å². The van der Waals surface area contributed by atoms with Gasteiger partial charge in [-0.2, -0.15) is 0 Å². The highest BCUT2D eigenvalue weighted by Gasteiger charge is 2.20. The van der Waals surface area contributed by atoms with Crippen molar-refractivity contribution < 1.29 is 24.2 Å². The zero-order valence-corrected chi connectivity index (χ0v) is 17.6. The van der Waals surface area contributed by atoms with Crippen LogP contribution in [0.4, 0.5) is 4.79 Å². The molecule has 1 saturated heterocycles. The Balaban J connectivity index is -0.0000000719. The summed E-state index contributed by atoms with van der Waals surface area (Å²) in [6.07, 6.45) is 1.32. The Morgan fingerprint density at radius 2 is 1.42 bits per heavy atom. The van der Waals surface area contributed by atoms with Crippen molar-refractivity contribution in [1.29, 1.82) is 0 Å². The molecule has 3 N–H and O–H groups in total. The van der Waals surface area contributed by atoms with Gasteiger partial charge in [-0.25, -0.2) is 9.59 Å². The Labute approximate surface area is 150 Å². The van der Waals surface area contributed by atoms with Crippen LogP contribution in [0.3, 0.4) is 0 Å². The molecule has 6 nitrogen and oxygen atoms in total. The summed E-state index contributed by atoms with van der Waals surface area (Å²) in [5, 5.41) is 8.41. The molecule has 6 heteroatoms. The van der Waals surface area contributed by atoms with Gasteiger partial charge in [0.2, 0.25) is 0 Å². The van der Waals surface area contributed by atoms with E-state index in [1.54, 1.807) is 13.8 Å². The van der Waals surface area contributed by atoms with Crippen LogP contribution < -0.4 is 5.73 Å². The van der Waals surface area contributed by atoms with Crippen molar-refractivity contribution in [3.63, 3.8) is 0 Å². The zero-order chi connectivity index (χ0) is 20.6. The van der Waals surface area contributed by atoms with Crippen molar-refractivity contribution in [1.82, 2.24) is 0 Å². The molecule has 0 aromatic carbocycles. The number of primary amides is 1. The predicted octanol–water partition coefficient (Wildman–Crippen LogP) is 5.24. The van der Waals surface area contributed by atoms with Gasteiger partial charge in [-0.3, -0.25) is 0 Å². The average Bonchev–Trinajstić information content (AvgIpc) is 2.62. The van der Waals surface area contributed by atoms with Crippen LogP contribution >= 0.6 is 0 Å². The second kappa shape index (κ2) is 33.3. The fourth-order valence-corrected chi connectivity index (χ4v) is 1.17. The third kappa shape index (κ3) is 37.2. The molecule has 1 aliphatic rings. The van der Waals surface area contributed by atoms with Crippen molar-refractivity contribution in [2.45, 2.75) is 101 Å². The molecule has 0 radical (unpaired) electrons. The fourth-order valence-electron chi connectivity index (χ4n) is 1.17. The van der Waals surface area contributed by atoms with Crippen molar-refractivity contribution in [2.24, 2.45) is 5.73 Å². The second-order valence-corrected chi connectivity index (χ2v) is 3.68. The number of amides is 1. The normalized spacial score (nSPS) is 14.0. The summed E-state index contributed by atoms with van der Waals surface area (Å²) in [5.41, 5.74) is 4.63. The molecule has 0 bridgehead atoms. The Morgan fingerprint density at radius 3 is 1.54 bits per heavy atom. The molecular weight excluding hydrogens is 310 g/mol. The number of carbonyl (C=O) groups is 2. The van der Waals surface area contributed by atoms with Crippen molar-refractivity contribution in [3.8, 4) is 0 Å². The molecule has 1 aliphatic heterocycles. The smallest absolute Gasteiger partial charge is 0.404 e. The first-order valence-electron chi connectivity index (χ1n) is 9.24. The quantitative estimate of drug-likeness (QED) is 0.707. The number of rotatable bonds is 2. The maximum atomic E-state index is 10.2. The summed E-state index contributed by atoms with van der Waals surface area (Å²) < 4.78 is 9.33. The molecule has 1 fully saturated rings. The second-order valence-electron chi connectivity index (χ2n) is 3.68. The van der Waals surface area contributed by atoms with Crippen molar-refractivity contribution in [2.75, 3.05) is 6.61 Å². The fraction of sp³-hybridized carbons (Fsp3) is 0.889. The number of aliphatic carboxylic acids is 1. The van der Waals surface area contributed by atoms with Gasteiger partial charge in [0, 0.05) is 6.61 Å². The van der Waals surface area contributed by atoms with Gasteiger partial charge < -0.3 is 20.3 Å². The van der Waals surface area contributed by atoms with Crippen molar-refractivity contribution in [3.05, 3.63) is 0 Å². The first-order valence-corrected chi connectivity index (χ1v) is 9.24. The van der Waals surface area contributed by atoms with E-state index in [1.165, 1.54) is 0 Å². The highest BCUT2D eigenvalue weighted by Crippen LogP contribution is 2.11. The summed E-state index contributed by atoms with van der Waals surface area (Å²) in [6.45, 7) is 20.1. The molecule has 150 valence electrons. The summed E-state index contributed by atoms with van der Waals surface area (Å²) in [7, 11) is 0. The van der Waals surface area contributed by atoms with Gasteiger partial charge in [-0.05, 0) is 33.1 Å². The first-order chi connectivity index (χ1) is 11.4. The summed E-state index contributed by atoms with van der Waals surface area (Å²) in [4.78, 5) is 20.0. The number of hydrogen-bond acceptors (Lipinski definition) is 4. The minimum absolute atomic E-state index is 0.0995. The lowest BCUT2D eigenvalue weighted by molar-refractivity contribution is -0.153. The van der Waals surface area contributed by atoms with E-state index < -0.39 is 18.2 Å². The zero-order valence-electron chi connectivity index (χ0n) is 17.6. The minimum atomic E-state index is -0.824. The van der Waals surface area contributed by atoms with Crippen LogP contribution in [-0.4, -0.2) is 36.0 Å². The Morgan fingerprint density at radius 1 is 1.00 bits per heavy atom. The number of ether oxygens (including phenoxy) is 2.